The number of rotatable bonds is 3. The third-order valence-electron chi connectivity index (χ3n) is 1.74. The van der Waals surface area contributed by atoms with Crippen LogP contribution in [0, 0.1) is 13.8 Å². The van der Waals surface area contributed by atoms with E-state index in [-0.39, 0.29) is 0 Å². The molecule has 0 saturated heterocycles. The maximum absolute atomic E-state index is 5.15. The number of nitrogens with two attached hydrogens (primary N) is 1. The van der Waals surface area contributed by atoms with Gasteiger partial charge in [0, 0.05) is 0 Å². The van der Waals surface area contributed by atoms with Crippen LogP contribution in [0.15, 0.2) is 23.3 Å². The van der Waals surface area contributed by atoms with Gasteiger partial charge in [-0.3, -0.25) is 10.8 Å². The third kappa shape index (κ3) is 2.71. The van der Waals surface area contributed by atoms with Gasteiger partial charge in [-0.2, -0.15) is 5.10 Å². The summed E-state index contributed by atoms with van der Waals surface area (Å²) >= 11 is 0. The van der Waals surface area contributed by atoms with E-state index in [0.29, 0.717) is 0 Å². The lowest BCUT2D eigenvalue weighted by Gasteiger charge is -2.04. The summed E-state index contributed by atoms with van der Waals surface area (Å²) in [4.78, 5) is 0. The first-order chi connectivity index (χ1) is 6.24. The van der Waals surface area contributed by atoms with Crippen molar-refractivity contribution < 1.29 is 5.41 Å². The third-order valence-corrected chi connectivity index (χ3v) is 1.74. The van der Waals surface area contributed by atoms with Gasteiger partial charge in [0.2, 0.25) is 0 Å². The van der Waals surface area contributed by atoms with Crippen LogP contribution >= 0.6 is 0 Å². The van der Waals surface area contributed by atoms with Crippen molar-refractivity contribution in [3.05, 3.63) is 29.3 Å². The van der Waals surface area contributed by atoms with Crippen LogP contribution in [-0.4, -0.2) is 12.4 Å². The Balaban J connectivity index is 2.81. The number of anilines is 1. The number of hydrogen-bond donors (Lipinski definition) is 2. The fraction of sp³-hybridized carbons (Fsp3) is 0.200. The average molecular weight is 176 g/mol. The summed E-state index contributed by atoms with van der Waals surface area (Å²) in [6, 6.07) is 6.17. The summed E-state index contributed by atoms with van der Waals surface area (Å²) in [5, 5.41) is 9.05. The Kier molecular flexibility index (Phi) is 3.20. The van der Waals surface area contributed by atoms with E-state index >= 15 is 0 Å². The molecule has 0 aromatic heterocycles. The lowest BCUT2D eigenvalue weighted by molar-refractivity contribution is -0.102. The highest BCUT2D eigenvalue weighted by molar-refractivity contribution is 6.13. The van der Waals surface area contributed by atoms with Crippen molar-refractivity contribution >= 4 is 18.1 Å². The molecule has 0 amide bonds. The highest BCUT2D eigenvalue weighted by Gasteiger charge is 1.95. The zero-order valence-corrected chi connectivity index (χ0v) is 7.91. The lowest BCUT2D eigenvalue weighted by atomic mass is 10.1. The molecule has 0 bridgehead atoms. The zero-order chi connectivity index (χ0) is 9.68. The van der Waals surface area contributed by atoms with Crippen molar-refractivity contribution in [1.82, 2.24) is 0 Å². The summed E-state index contributed by atoms with van der Waals surface area (Å²) in [5.74, 6) is 0. The largest absolute Gasteiger partial charge is 0.278 e. The first-order valence-corrected chi connectivity index (χ1v) is 4.14. The maximum Gasteiger partial charge on any atom is 0.180 e. The molecule has 1 aromatic rings. The van der Waals surface area contributed by atoms with Crippen LogP contribution in [-0.2, 0) is 0 Å². The van der Waals surface area contributed by atoms with Gasteiger partial charge in [0.15, 0.2) is 6.21 Å². The quantitative estimate of drug-likeness (QED) is 0.512. The van der Waals surface area contributed by atoms with E-state index in [0.717, 1.165) is 5.69 Å². The van der Waals surface area contributed by atoms with Gasteiger partial charge in [-0.25, -0.2) is 0 Å². The summed E-state index contributed by atoms with van der Waals surface area (Å²) in [7, 11) is 0. The second-order valence-electron chi connectivity index (χ2n) is 2.90. The van der Waals surface area contributed by atoms with E-state index < -0.39 is 0 Å². The van der Waals surface area contributed by atoms with Crippen LogP contribution < -0.4 is 10.8 Å². The predicted molar refractivity (Wildman–Crippen MR) is 56.0 cm³/mol. The Morgan fingerprint density at radius 2 is 2.15 bits per heavy atom. The molecule has 0 aliphatic carbocycles. The summed E-state index contributed by atoms with van der Waals surface area (Å²) in [6.45, 7) is 4.08. The summed E-state index contributed by atoms with van der Waals surface area (Å²) in [6.07, 6.45) is 2.90. The van der Waals surface area contributed by atoms with Crippen LogP contribution in [0.1, 0.15) is 11.1 Å². The Morgan fingerprint density at radius 3 is 2.85 bits per heavy atom. The Morgan fingerprint density at radius 1 is 1.38 bits per heavy atom. The smallest absolute Gasteiger partial charge is 0.180 e. The summed E-state index contributed by atoms with van der Waals surface area (Å²) < 4.78 is 0. The molecule has 0 aliphatic heterocycles. The monoisotopic (exact) mass is 176 g/mol. The van der Waals surface area contributed by atoms with Gasteiger partial charge in [0.05, 0.1) is 5.69 Å². The summed E-state index contributed by atoms with van der Waals surface area (Å²) in [5.41, 5.74) is 6.30. The molecular formula is C10H14N3+. The number of benzene rings is 1. The van der Waals surface area contributed by atoms with Crippen LogP contribution in [0.2, 0.25) is 0 Å². The van der Waals surface area contributed by atoms with Crippen molar-refractivity contribution in [3.8, 4) is 0 Å². The highest BCUT2D eigenvalue weighted by Crippen LogP contribution is 2.15. The molecule has 1 rings (SSSR count). The molecule has 0 aliphatic rings. The molecule has 0 fully saturated rings. The van der Waals surface area contributed by atoms with E-state index in [1.165, 1.54) is 23.6 Å². The molecule has 0 unspecified atom stereocenters. The minimum absolute atomic E-state index is 1.01. The molecule has 0 radical (unpaired) electrons. The van der Waals surface area contributed by atoms with Crippen LogP contribution in [0.4, 0.5) is 5.69 Å². The van der Waals surface area contributed by atoms with Crippen LogP contribution in [0.3, 0.4) is 0 Å². The first kappa shape index (κ1) is 9.45. The Labute approximate surface area is 78.0 Å². The predicted octanol–water partition coefficient (Wildman–Crippen LogP) is 0.531. The topological polar surface area (TPSA) is 50.0 Å². The second-order valence-corrected chi connectivity index (χ2v) is 2.90. The molecule has 0 saturated carbocycles. The fourth-order valence-corrected chi connectivity index (χ4v) is 1.01. The van der Waals surface area contributed by atoms with E-state index in [1.54, 1.807) is 0 Å². The van der Waals surface area contributed by atoms with Gasteiger partial charge in [-0.05, 0) is 31.0 Å². The zero-order valence-electron chi connectivity index (χ0n) is 7.91. The number of hydrogen-bond acceptors (Lipinski definition) is 2. The second kappa shape index (κ2) is 4.40. The molecule has 0 atom stereocenters. The SMILES string of the molecule is Cc1ccc(C)c(NN=CC=[NH2+])c1. The molecule has 0 spiro atoms. The van der Waals surface area contributed by atoms with Crippen molar-refractivity contribution in [1.29, 1.82) is 0 Å². The van der Waals surface area contributed by atoms with Crippen molar-refractivity contribution in [2.75, 3.05) is 5.43 Å². The molecular weight excluding hydrogens is 162 g/mol. The lowest BCUT2D eigenvalue weighted by Crippen LogP contribution is -2.30. The van der Waals surface area contributed by atoms with E-state index in [9.17, 15) is 0 Å². The van der Waals surface area contributed by atoms with Crippen LogP contribution in [0.25, 0.3) is 0 Å². The fourth-order valence-electron chi connectivity index (χ4n) is 1.01. The average Bonchev–Trinajstić information content (AvgIpc) is 2.11. The Hall–Kier alpha value is -1.64. The van der Waals surface area contributed by atoms with Gasteiger partial charge >= 0.3 is 0 Å². The first-order valence-electron chi connectivity index (χ1n) is 4.14. The van der Waals surface area contributed by atoms with E-state index in [2.05, 4.69) is 22.7 Å². The van der Waals surface area contributed by atoms with Gasteiger partial charge < -0.3 is 0 Å². The number of nitrogens with zero attached hydrogens (tertiary/aromatic N) is 1. The highest BCUT2D eigenvalue weighted by atomic mass is 15.3. The maximum atomic E-state index is 5.15. The number of hydrazone groups is 1. The normalized spacial score (nSPS) is 10.3. The number of nitrogens with one attached hydrogen (secondary N) is 1. The van der Waals surface area contributed by atoms with E-state index in [4.69, 9.17) is 5.41 Å². The molecule has 68 valence electrons. The minimum Gasteiger partial charge on any atom is -0.278 e. The molecule has 1 aromatic carbocycles. The van der Waals surface area contributed by atoms with Gasteiger partial charge in [0.1, 0.15) is 6.21 Å². The molecule has 13 heavy (non-hydrogen) atoms. The van der Waals surface area contributed by atoms with Crippen molar-refractivity contribution in [2.45, 2.75) is 13.8 Å². The van der Waals surface area contributed by atoms with Gasteiger partial charge in [0.25, 0.3) is 0 Å². The van der Waals surface area contributed by atoms with Crippen molar-refractivity contribution in [2.24, 2.45) is 5.10 Å². The molecule has 3 heteroatoms. The van der Waals surface area contributed by atoms with Gasteiger partial charge in [-0.1, -0.05) is 12.1 Å². The van der Waals surface area contributed by atoms with E-state index in [1.807, 2.05) is 19.9 Å². The minimum atomic E-state index is 1.01. The number of aryl methyl sites for hydroxylation is 2. The molecule has 3 nitrogen and oxygen atoms in total. The molecule has 0 heterocycles. The van der Waals surface area contributed by atoms with Crippen LogP contribution in [0.5, 0.6) is 0 Å². The molecule has 3 N–H and O–H groups in total. The van der Waals surface area contributed by atoms with Gasteiger partial charge in [-0.15, -0.1) is 0 Å². The standard InChI is InChI=1S/C10H13N3/c1-8-3-4-9(2)10(7-8)13-12-6-5-11/h3-7,11,13H,1-2H3/p+1. The Bertz CT molecular complexity index is 329. The van der Waals surface area contributed by atoms with Crippen molar-refractivity contribution in [3.63, 3.8) is 0 Å².